The Hall–Kier alpha value is -1.40. The Morgan fingerprint density at radius 3 is 2.35 bits per heavy atom. The van der Waals surface area contributed by atoms with Gasteiger partial charge >= 0.3 is 0 Å². The molecule has 110 valence electrons. The van der Waals surface area contributed by atoms with Crippen LogP contribution in [-0.2, 0) is 4.79 Å². The first-order chi connectivity index (χ1) is 9.40. The maximum Gasteiger partial charge on any atom is 0.251 e. The van der Waals surface area contributed by atoms with Gasteiger partial charge in [-0.2, -0.15) is 0 Å². The zero-order valence-electron chi connectivity index (χ0n) is 11.5. The van der Waals surface area contributed by atoms with E-state index in [1.165, 1.54) is 0 Å². The Balaban J connectivity index is 2.34. The van der Waals surface area contributed by atoms with Crippen LogP contribution < -0.4 is 10.6 Å². The molecule has 0 aliphatic carbocycles. The van der Waals surface area contributed by atoms with Crippen molar-refractivity contribution in [1.29, 1.82) is 0 Å². The smallest absolute Gasteiger partial charge is 0.251 e. The summed E-state index contributed by atoms with van der Waals surface area (Å²) in [6.45, 7) is 3.81. The Morgan fingerprint density at radius 2 is 1.80 bits per heavy atom. The highest BCUT2D eigenvalue weighted by atomic mass is 79.9. The third-order valence-electron chi connectivity index (χ3n) is 2.79. The SMILES string of the molecule is CC(C)[C@H](O)CNC(=O)CNC(=O)c1ccc(Br)cc1. The minimum atomic E-state index is -0.582. The molecule has 0 aliphatic heterocycles. The van der Waals surface area contributed by atoms with Crippen molar-refractivity contribution in [1.82, 2.24) is 10.6 Å². The van der Waals surface area contributed by atoms with Crippen LogP contribution in [0.25, 0.3) is 0 Å². The average molecular weight is 343 g/mol. The molecule has 5 nitrogen and oxygen atoms in total. The first-order valence-corrected chi connectivity index (χ1v) is 7.18. The molecule has 0 saturated heterocycles. The van der Waals surface area contributed by atoms with E-state index in [2.05, 4.69) is 26.6 Å². The van der Waals surface area contributed by atoms with Gasteiger partial charge in [-0.25, -0.2) is 0 Å². The second-order valence-electron chi connectivity index (χ2n) is 4.81. The highest BCUT2D eigenvalue weighted by molar-refractivity contribution is 9.10. The molecule has 1 aromatic carbocycles. The van der Waals surface area contributed by atoms with Crippen molar-refractivity contribution >= 4 is 27.7 Å². The van der Waals surface area contributed by atoms with Gasteiger partial charge in [-0.05, 0) is 30.2 Å². The Labute approximate surface area is 126 Å². The van der Waals surface area contributed by atoms with E-state index in [-0.39, 0.29) is 30.8 Å². The summed E-state index contributed by atoms with van der Waals surface area (Å²) in [4.78, 5) is 23.3. The Bertz CT molecular complexity index is 460. The number of carbonyl (C=O) groups excluding carboxylic acids is 2. The molecule has 0 aliphatic rings. The monoisotopic (exact) mass is 342 g/mol. The van der Waals surface area contributed by atoms with Gasteiger partial charge in [-0.1, -0.05) is 29.8 Å². The quantitative estimate of drug-likeness (QED) is 0.729. The summed E-state index contributed by atoms with van der Waals surface area (Å²) in [6.07, 6.45) is -0.582. The van der Waals surface area contributed by atoms with Gasteiger partial charge in [0.05, 0.1) is 12.6 Å². The van der Waals surface area contributed by atoms with Crippen LogP contribution in [-0.4, -0.2) is 36.1 Å². The first-order valence-electron chi connectivity index (χ1n) is 6.38. The van der Waals surface area contributed by atoms with Crippen molar-refractivity contribution < 1.29 is 14.7 Å². The van der Waals surface area contributed by atoms with E-state index in [9.17, 15) is 14.7 Å². The van der Waals surface area contributed by atoms with Gasteiger partial charge in [0, 0.05) is 16.6 Å². The Morgan fingerprint density at radius 1 is 1.20 bits per heavy atom. The number of hydrogen-bond donors (Lipinski definition) is 3. The number of aliphatic hydroxyl groups excluding tert-OH is 1. The van der Waals surface area contributed by atoms with E-state index in [1.807, 2.05) is 13.8 Å². The summed E-state index contributed by atoms with van der Waals surface area (Å²) >= 11 is 3.28. The predicted molar refractivity (Wildman–Crippen MR) is 80.3 cm³/mol. The number of halogens is 1. The maximum atomic E-state index is 11.8. The van der Waals surface area contributed by atoms with Crippen molar-refractivity contribution in [2.45, 2.75) is 20.0 Å². The van der Waals surface area contributed by atoms with Crippen molar-refractivity contribution in [3.63, 3.8) is 0 Å². The number of amides is 2. The lowest BCUT2D eigenvalue weighted by molar-refractivity contribution is -0.120. The van der Waals surface area contributed by atoms with Gasteiger partial charge < -0.3 is 15.7 Å². The molecule has 1 rings (SSSR count). The fourth-order valence-corrected chi connectivity index (χ4v) is 1.64. The molecule has 0 radical (unpaired) electrons. The third-order valence-corrected chi connectivity index (χ3v) is 3.32. The molecule has 1 atom stereocenters. The number of hydrogen-bond acceptors (Lipinski definition) is 3. The zero-order chi connectivity index (χ0) is 15.1. The molecule has 0 spiro atoms. The summed E-state index contributed by atoms with van der Waals surface area (Å²) in [5.41, 5.74) is 0.489. The minimum absolute atomic E-state index is 0.0765. The lowest BCUT2D eigenvalue weighted by Gasteiger charge is -2.15. The van der Waals surface area contributed by atoms with Gasteiger partial charge in [0.2, 0.25) is 5.91 Å². The highest BCUT2D eigenvalue weighted by Gasteiger charge is 2.11. The molecular formula is C14H19BrN2O3. The molecule has 6 heteroatoms. The molecule has 0 bridgehead atoms. The fourth-order valence-electron chi connectivity index (χ4n) is 1.38. The molecule has 0 heterocycles. The van der Waals surface area contributed by atoms with Crippen LogP contribution in [0.4, 0.5) is 0 Å². The molecular weight excluding hydrogens is 324 g/mol. The van der Waals surface area contributed by atoms with Crippen LogP contribution in [0.1, 0.15) is 24.2 Å². The average Bonchev–Trinajstić information content (AvgIpc) is 2.42. The highest BCUT2D eigenvalue weighted by Crippen LogP contribution is 2.10. The Kier molecular flexibility index (Phi) is 6.67. The van der Waals surface area contributed by atoms with Gasteiger partial charge in [-0.15, -0.1) is 0 Å². The van der Waals surface area contributed by atoms with Crippen molar-refractivity contribution in [2.24, 2.45) is 5.92 Å². The van der Waals surface area contributed by atoms with Gasteiger partial charge in [0.15, 0.2) is 0 Å². The van der Waals surface area contributed by atoms with E-state index < -0.39 is 6.10 Å². The number of benzene rings is 1. The van der Waals surface area contributed by atoms with E-state index in [1.54, 1.807) is 24.3 Å². The van der Waals surface area contributed by atoms with Crippen LogP contribution in [0, 0.1) is 5.92 Å². The van der Waals surface area contributed by atoms with Gasteiger partial charge in [0.25, 0.3) is 5.91 Å². The molecule has 3 N–H and O–H groups in total. The summed E-state index contributed by atoms with van der Waals surface area (Å²) < 4.78 is 0.884. The molecule has 1 aromatic rings. The first kappa shape index (κ1) is 16.7. The van der Waals surface area contributed by atoms with Crippen molar-refractivity contribution in [3.05, 3.63) is 34.3 Å². The predicted octanol–water partition coefficient (Wildman–Crippen LogP) is 1.31. The normalized spacial score (nSPS) is 12.1. The lowest BCUT2D eigenvalue weighted by Crippen LogP contribution is -2.41. The molecule has 0 fully saturated rings. The number of rotatable bonds is 6. The fraction of sp³-hybridized carbons (Fsp3) is 0.429. The third kappa shape index (κ3) is 5.71. The second kappa shape index (κ2) is 8.01. The molecule has 0 unspecified atom stereocenters. The van der Waals surface area contributed by atoms with Crippen LogP contribution in [0.3, 0.4) is 0 Å². The van der Waals surface area contributed by atoms with E-state index in [0.717, 1.165) is 4.47 Å². The zero-order valence-corrected chi connectivity index (χ0v) is 13.1. The van der Waals surface area contributed by atoms with Crippen LogP contribution in [0.2, 0.25) is 0 Å². The van der Waals surface area contributed by atoms with Crippen LogP contribution in [0.15, 0.2) is 28.7 Å². The van der Waals surface area contributed by atoms with E-state index >= 15 is 0 Å². The number of nitrogens with one attached hydrogen (secondary N) is 2. The summed E-state index contributed by atoms with van der Waals surface area (Å²) in [6, 6.07) is 6.85. The molecule has 20 heavy (non-hydrogen) atoms. The lowest BCUT2D eigenvalue weighted by atomic mass is 10.1. The van der Waals surface area contributed by atoms with Crippen molar-refractivity contribution in [3.8, 4) is 0 Å². The van der Waals surface area contributed by atoms with E-state index in [4.69, 9.17) is 0 Å². The number of aliphatic hydroxyl groups is 1. The largest absolute Gasteiger partial charge is 0.391 e. The van der Waals surface area contributed by atoms with Crippen LogP contribution >= 0.6 is 15.9 Å². The molecule has 2 amide bonds. The standard InChI is InChI=1S/C14H19BrN2O3/c1-9(2)12(18)7-16-13(19)8-17-14(20)10-3-5-11(15)6-4-10/h3-6,9,12,18H,7-8H2,1-2H3,(H,16,19)(H,17,20)/t12-/m1/s1. The van der Waals surface area contributed by atoms with Crippen LogP contribution in [0.5, 0.6) is 0 Å². The van der Waals surface area contributed by atoms with Gasteiger partial charge in [0.1, 0.15) is 0 Å². The molecule has 0 aromatic heterocycles. The number of carbonyl (C=O) groups is 2. The van der Waals surface area contributed by atoms with Crippen molar-refractivity contribution in [2.75, 3.05) is 13.1 Å². The minimum Gasteiger partial charge on any atom is -0.391 e. The summed E-state index contributed by atoms with van der Waals surface area (Å²) in [7, 11) is 0. The van der Waals surface area contributed by atoms with Gasteiger partial charge in [-0.3, -0.25) is 9.59 Å². The topological polar surface area (TPSA) is 78.4 Å². The maximum absolute atomic E-state index is 11.8. The summed E-state index contributed by atoms with van der Waals surface area (Å²) in [5.74, 6) is -0.556. The molecule has 0 saturated carbocycles. The van der Waals surface area contributed by atoms with E-state index in [0.29, 0.717) is 5.56 Å². The second-order valence-corrected chi connectivity index (χ2v) is 5.72. The summed E-state index contributed by atoms with van der Waals surface area (Å²) in [5, 5.41) is 14.6.